The van der Waals surface area contributed by atoms with Crippen molar-refractivity contribution in [2.75, 3.05) is 11.1 Å². The molecule has 11 heteroatoms. The molecular formula is C18H19ClN6O2S2. The van der Waals surface area contributed by atoms with Crippen molar-refractivity contribution in [3.8, 4) is 5.75 Å². The van der Waals surface area contributed by atoms with Gasteiger partial charge in [-0.25, -0.2) is 0 Å². The minimum Gasteiger partial charge on any atom is -0.483 e. The molecule has 0 saturated heterocycles. The van der Waals surface area contributed by atoms with Crippen LogP contribution in [0.15, 0.2) is 42.1 Å². The number of halogens is 1. The number of nitrogens with zero attached hydrogens (tertiary/aromatic N) is 5. The summed E-state index contributed by atoms with van der Waals surface area (Å²) in [5.74, 6) is 1.24. The molecule has 0 aliphatic rings. The van der Waals surface area contributed by atoms with Gasteiger partial charge in [0.05, 0.1) is 5.75 Å². The Hall–Kier alpha value is -2.43. The van der Waals surface area contributed by atoms with Crippen molar-refractivity contribution in [2.24, 2.45) is 0 Å². The van der Waals surface area contributed by atoms with Crippen molar-refractivity contribution >= 4 is 45.7 Å². The first-order valence-corrected chi connectivity index (χ1v) is 10.8. The van der Waals surface area contributed by atoms with Gasteiger partial charge < -0.3 is 4.74 Å². The van der Waals surface area contributed by atoms with E-state index < -0.39 is 0 Å². The topological polar surface area (TPSA) is 94.8 Å². The summed E-state index contributed by atoms with van der Waals surface area (Å²) in [5, 5.41) is 21.4. The molecule has 0 spiro atoms. The number of anilines is 1. The minimum absolute atomic E-state index is 0.164. The van der Waals surface area contributed by atoms with Crippen LogP contribution in [-0.4, -0.2) is 36.6 Å². The summed E-state index contributed by atoms with van der Waals surface area (Å²) in [5.41, 5.74) is 0. The van der Waals surface area contributed by atoms with Gasteiger partial charge in [0.2, 0.25) is 11.0 Å². The molecule has 1 amide bonds. The highest BCUT2D eigenvalue weighted by atomic mass is 35.5. The number of nitrogens with one attached hydrogen (secondary N) is 1. The number of thioether (sulfide) groups is 1. The van der Waals surface area contributed by atoms with Crippen LogP contribution in [0.4, 0.5) is 5.13 Å². The van der Waals surface area contributed by atoms with Crippen molar-refractivity contribution in [2.45, 2.75) is 31.7 Å². The molecule has 0 aliphatic heterocycles. The summed E-state index contributed by atoms with van der Waals surface area (Å²) in [4.78, 5) is 12.2. The molecule has 1 unspecified atom stereocenters. The van der Waals surface area contributed by atoms with Crippen LogP contribution >= 0.6 is 34.7 Å². The van der Waals surface area contributed by atoms with Crippen LogP contribution in [0, 0.1) is 6.92 Å². The zero-order chi connectivity index (χ0) is 20.8. The van der Waals surface area contributed by atoms with Crippen LogP contribution in [-0.2, 0) is 11.3 Å². The first-order chi connectivity index (χ1) is 14.0. The summed E-state index contributed by atoms with van der Waals surface area (Å²) < 4.78 is 7.81. The molecule has 1 atom stereocenters. The molecule has 1 N–H and O–H groups in total. The number of aromatic nitrogens is 5. The van der Waals surface area contributed by atoms with Gasteiger partial charge in [-0.3, -0.25) is 14.7 Å². The fraction of sp³-hybridized carbons (Fsp3) is 0.278. The van der Waals surface area contributed by atoms with Gasteiger partial charge in [0, 0.05) is 11.6 Å². The Kier molecular flexibility index (Phi) is 7.24. The molecule has 0 saturated carbocycles. The fourth-order valence-electron chi connectivity index (χ4n) is 2.44. The van der Waals surface area contributed by atoms with Crippen molar-refractivity contribution in [1.29, 1.82) is 0 Å². The summed E-state index contributed by atoms with van der Waals surface area (Å²) in [7, 11) is 0. The Morgan fingerprint density at radius 2 is 2.24 bits per heavy atom. The Morgan fingerprint density at radius 3 is 2.93 bits per heavy atom. The van der Waals surface area contributed by atoms with Gasteiger partial charge in [-0.05, 0) is 32.0 Å². The number of allylic oxidation sites excluding steroid dienone is 1. The Bertz CT molecular complexity index is 1010. The highest BCUT2D eigenvalue weighted by Crippen LogP contribution is 2.26. The average Bonchev–Trinajstić information content (AvgIpc) is 3.26. The average molecular weight is 451 g/mol. The quantitative estimate of drug-likeness (QED) is 0.386. The number of hydrogen-bond acceptors (Lipinski definition) is 8. The van der Waals surface area contributed by atoms with Crippen molar-refractivity contribution in [1.82, 2.24) is 25.0 Å². The van der Waals surface area contributed by atoms with Crippen LogP contribution in [0.25, 0.3) is 0 Å². The highest BCUT2D eigenvalue weighted by molar-refractivity contribution is 7.99. The maximum Gasteiger partial charge on any atom is 0.236 e. The highest BCUT2D eigenvalue weighted by Gasteiger charge is 2.20. The number of carbonyl (C=O) groups excluding carboxylic acids is 1. The number of aryl methyl sites for hydroxylation is 1. The summed E-state index contributed by atoms with van der Waals surface area (Å²) in [6, 6.07) is 7.16. The normalized spacial score (nSPS) is 11.8. The van der Waals surface area contributed by atoms with E-state index in [2.05, 4.69) is 32.3 Å². The largest absolute Gasteiger partial charge is 0.483 e. The van der Waals surface area contributed by atoms with Gasteiger partial charge in [-0.15, -0.1) is 27.0 Å². The first kappa shape index (κ1) is 21.3. The summed E-state index contributed by atoms with van der Waals surface area (Å²) >= 11 is 8.61. The molecule has 1 aromatic carbocycles. The molecule has 29 heavy (non-hydrogen) atoms. The molecule has 152 valence electrons. The van der Waals surface area contributed by atoms with E-state index in [-0.39, 0.29) is 17.8 Å². The van der Waals surface area contributed by atoms with E-state index in [4.69, 9.17) is 16.3 Å². The lowest BCUT2D eigenvalue weighted by atomic mass is 10.3. The summed E-state index contributed by atoms with van der Waals surface area (Å²) in [6.45, 7) is 7.99. The molecule has 0 bridgehead atoms. The van der Waals surface area contributed by atoms with Gasteiger partial charge in [0.15, 0.2) is 17.1 Å². The van der Waals surface area contributed by atoms with Gasteiger partial charge in [0.25, 0.3) is 0 Å². The van der Waals surface area contributed by atoms with E-state index in [0.29, 0.717) is 33.4 Å². The monoisotopic (exact) mass is 450 g/mol. The maximum atomic E-state index is 12.2. The standard InChI is InChI=1S/C18H19ClN6O2S2/c1-4-8-25-16(11(2)27-14-7-5-6-13(19)9-14)22-24-18(25)28-10-15(26)20-17-23-21-12(3)29-17/h4-7,9,11H,1,8,10H2,2-3H3,(H,20,23,26). The second kappa shape index (κ2) is 9.86. The number of benzene rings is 1. The molecule has 8 nitrogen and oxygen atoms in total. The van der Waals surface area contributed by atoms with Gasteiger partial charge >= 0.3 is 0 Å². The maximum absolute atomic E-state index is 12.2. The third-order valence-electron chi connectivity index (χ3n) is 3.63. The number of ether oxygens (including phenoxy) is 1. The van der Waals surface area contributed by atoms with E-state index in [1.807, 2.05) is 30.5 Å². The number of hydrogen-bond donors (Lipinski definition) is 1. The van der Waals surface area contributed by atoms with Gasteiger partial charge in [-0.1, -0.05) is 46.8 Å². The van der Waals surface area contributed by atoms with Crippen LogP contribution in [0.2, 0.25) is 5.02 Å². The Balaban J connectivity index is 1.67. The van der Waals surface area contributed by atoms with Crippen LogP contribution in [0.5, 0.6) is 5.75 Å². The lowest BCUT2D eigenvalue weighted by molar-refractivity contribution is -0.113. The first-order valence-electron chi connectivity index (χ1n) is 8.65. The SMILES string of the molecule is C=CCn1c(SCC(=O)Nc2nnc(C)s2)nnc1C(C)Oc1cccc(Cl)c1. The van der Waals surface area contributed by atoms with Crippen LogP contribution < -0.4 is 10.1 Å². The van der Waals surface area contributed by atoms with Crippen molar-refractivity contribution in [3.05, 3.63) is 52.8 Å². The smallest absolute Gasteiger partial charge is 0.236 e. The molecule has 3 aromatic rings. The van der Waals surface area contributed by atoms with E-state index in [1.54, 1.807) is 18.2 Å². The van der Waals surface area contributed by atoms with E-state index >= 15 is 0 Å². The molecule has 0 radical (unpaired) electrons. The fourth-order valence-corrected chi connectivity index (χ4v) is 3.98. The van der Waals surface area contributed by atoms with E-state index in [0.717, 1.165) is 5.01 Å². The molecule has 2 heterocycles. The van der Waals surface area contributed by atoms with E-state index in [1.165, 1.54) is 23.1 Å². The van der Waals surface area contributed by atoms with Gasteiger partial charge in [-0.2, -0.15) is 0 Å². The minimum atomic E-state index is -0.367. The van der Waals surface area contributed by atoms with Gasteiger partial charge in [0.1, 0.15) is 10.8 Å². The zero-order valence-corrected chi connectivity index (χ0v) is 18.2. The number of rotatable bonds is 9. The van der Waals surface area contributed by atoms with Crippen LogP contribution in [0.1, 0.15) is 23.9 Å². The second-order valence-electron chi connectivity index (χ2n) is 5.92. The third kappa shape index (κ3) is 5.78. The predicted octanol–water partition coefficient (Wildman–Crippen LogP) is 4.15. The molecule has 3 rings (SSSR count). The molecule has 0 aliphatic carbocycles. The predicted molar refractivity (Wildman–Crippen MR) is 115 cm³/mol. The van der Waals surface area contributed by atoms with Crippen molar-refractivity contribution in [3.63, 3.8) is 0 Å². The number of amides is 1. The molecule has 0 fully saturated rings. The number of carbonyl (C=O) groups is 1. The van der Waals surface area contributed by atoms with Crippen molar-refractivity contribution < 1.29 is 9.53 Å². The van der Waals surface area contributed by atoms with Crippen LogP contribution in [0.3, 0.4) is 0 Å². The second-order valence-corrected chi connectivity index (χ2v) is 8.48. The zero-order valence-electron chi connectivity index (χ0n) is 15.8. The third-order valence-corrected chi connectivity index (χ3v) is 5.59. The lowest BCUT2D eigenvalue weighted by Crippen LogP contribution is -2.15. The Morgan fingerprint density at radius 1 is 1.41 bits per heavy atom. The lowest BCUT2D eigenvalue weighted by Gasteiger charge is -2.15. The Labute approximate surface area is 181 Å². The molecule has 2 aromatic heterocycles. The molecular weight excluding hydrogens is 432 g/mol. The van der Waals surface area contributed by atoms with E-state index in [9.17, 15) is 4.79 Å². The summed E-state index contributed by atoms with van der Waals surface area (Å²) in [6.07, 6.45) is 1.38.